The number of halogens is 1. The van der Waals surface area contributed by atoms with Crippen molar-refractivity contribution in [3.05, 3.63) is 59.8 Å². The van der Waals surface area contributed by atoms with E-state index in [-0.39, 0.29) is 24.0 Å². The highest BCUT2D eigenvalue weighted by molar-refractivity contribution is 14.0. The number of hydrogen-bond acceptors (Lipinski definition) is 4. The van der Waals surface area contributed by atoms with Gasteiger partial charge in [-0.15, -0.1) is 24.0 Å². The minimum absolute atomic E-state index is 0. The van der Waals surface area contributed by atoms with E-state index in [4.69, 9.17) is 9.73 Å². The lowest BCUT2D eigenvalue weighted by molar-refractivity contribution is 0.198. The number of hydrogen-bond donors (Lipinski definition) is 2. The third-order valence-corrected chi connectivity index (χ3v) is 5.03. The maximum absolute atomic E-state index is 5.48. The quantitative estimate of drug-likeness (QED) is 0.313. The number of piperidine rings is 1. The van der Waals surface area contributed by atoms with Gasteiger partial charge < -0.3 is 15.4 Å². The van der Waals surface area contributed by atoms with Crippen LogP contribution in [0.25, 0.3) is 0 Å². The summed E-state index contributed by atoms with van der Waals surface area (Å²) in [4.78, 5) is 11.5. The first kappa shape index (κ1) is 24.4. The largest absolute Gasteiger partial charge is 0.478 e. The van der Waals surface area contributed by atoms with Gasteiger partial charge in [0.05, 0.1) is 13.2 Å². The number of benzene rings is 1. The summed E-state index contributed by atoms with van der Waals surface area (Å²) >= 11 is 0. The van der Waals surface area contributed by atoms with Crippen LogP contribution in [0.1, 0.15) is 37.8 Å². The molecule has 1 fully saturated rings. The van der Waals surface area contributed by atoms with Crippen LogP contribution in [-0.4, -0.2) is 48.1 Å². The molecule has 0 unspecified atom stereocenters. The molecule has 0 radical (unpaired) electrons. The SMILES string of the molecule is CCNC(=NCc1ccnc(OCC)c1)NC1CCN(Cc2ccccc2)CC1.I. The minimum atomic E-state index is 0. The monoisotopic (exact) mass is 523 g/mol. The third kappa shape index (κ3) is 8.10. The van der Waals surface area contributed by atoms with Crippen molar-refractivity contribution >= 4 is 29.9 Å². The zero-order valence-electron chi connectivity index (χ0n) is 18.0. The number of aliphatic imine (C=N–C) groups is 1. The van der Waals surface area contributed by atoms with E-state index in [0.717, 1.165) is 50.5 Å². The minimum Gasteiger partial charge on any atom is -0.478 e. The molecule has 0 atom stereocenters. The van der Waals surface area contributed by atoms with Crippen LogP contribution in [0.3, 0.4) is 0 Å². The molecule has 0 aliphatic carbocycles. The number of rotatable bonds is 8. The van der Waals surface area contributed by atoms with Crippen molar-refractivity contribution in [2.75, 3.05) is 26.2 Å². The Morgan fingerprint density at radius 2 is 1.90 bits per heavy atom. The summed E-state index contributed by atoms with van der Waals surface area (Å²) in [5, 5.41) is 6.99. The molecule has 2 heterocycles. The lowest BCUT2D eigenvalue weighted by Gasteiger charge is -2.33. The highest BCUT2D eigenvalue weighted by atomic mass is 127. The fourth-order valence-electron chi connectivity index (χ4n) is 3.54. The number of likely N-dealkylation sites (tertiary alicyclic amines) is 1. The van der Waals surface area contributed by atoms with E-state index in [2.05, 4.69) is 57.8 Å². The zero-order valence-corrected chi connectivity index (χ0v) is 20.3. The Labute approximate surface area is 197 Å². The van der Waals surface area contributed by atoms with Crippen LogP contribution in [0.15, 0.2) is 53.7 Å². The lowest BCUT2D eigenvalue weighted by Crippen LogP contribution is -2.48. The Morgan fingerprint density at radius 1 is 1.13 bits per heavy atom. The van der Waals surface area contributed by atoms with E-state index in [1.54, 1.807) is 6.20 Å². The van der Waals surface area contributed by atoms with Crippen molar-refractivity contribution in [2.24, 2.45) is 4.99 Å². The number of ether oxygens (including phenoxy) is 1. The van der Waals surface area contributed by atoms with E-state index in [1.807, 2.05) is 19.1 Å². The van der Waals surface area contributed by atoms with Crippen molar-refractivity contribution in [2.45, 2.75) is 45.8 Å². The van der Waals surface area contributed by atoms with Gasteiger partial charge in [0.1, 0.15) is 0 Å². The molecule has 30 heavy (non-hydrogen) atoms. The number of guanidine groups is 1. The first-order valence-electron chi connectivity index (χ1n) is 10.7. The molecular formula is C23H34IN5O. The summed E-state index contributed by atoms with van der Waals surface area (Å²) in [6, 6.07) is 15.1. The fourth-order valence-corrected chi connectivity index (χ4v) is 3.54. The Kier molecular flexibility index (Phi) is 10.9. The van der Waals surface area contributed by atoms with Gasteiger partial charge in [-0.25, -0.2) is 9.98 Å². The van der Waals surface area contributed by atoms with Gasteiger partial charge in [-0.1, -0.05) is 30.3 Å². The summed E-state index contributed by atoms with van der Waals surface area (Å²) in [7, 11) is 0. The molecule has 1 aliphatic rings. The molecule has 164 valence electrons. The highest BCUT2D eigenvalue weighted by Gasteiger charge is 2.20. The lowest BCUT2D eigenvalue weighted by atomic mass is 10.0. The maximum Gasteiger partial charge on any atom is 0.213 e. The highest BCUT2D eigenvalue weighted by Crippen LogP contribution is 2.14. The van der Waals surface area contributed by atoms with Crippen LogP contribution >= 0.6 is 24.0 Å². The molecular weight excluding hydrogens is 489 g/mol. The van der Waals surface area contributed by atoms with E-state index >= 15 is 0 Å². The first-order chi connectivity index (χ1) is 14.3. The van der Waals surface area contributed by atoms with Crippen LogP contribution in [0.4, 0.5) is 0 Å². The van der Waals surface area contributed by atoms with E-state index in [9.17, 15) is 0 Å². The smallest absolute Gasteiger partial charge is 0.213 e. The summed E-state index contributed by atoms with van der Waals surface area (Å²) in [6.07, 6.45) is 4.03. The van der Waals surface area contributed by atoms with Gasteiger partial charge in [0.2, 0.25) is 5.88 Å². The predicted octanol–water partition coefficient (Wildman–Crippen LogP) is 3.82. The van der Waals surface area contributed by atoms with Crippen LogP contribution in [-0.2, 0) is 13.1 Å². The molecule has 0 saturated carbocycles. The second-order valence-corrected chi connectivity index (χ2v) is 7.31. The average molecular weight is 523 g/mol. The van der Waals surface area contributed by atoms with Gasteiger partial charge in [-0.3, -0.25) is 4.90 Å². The first-order valence-corrected chi connectivity index (χ1v) is 10.7. The molecule has 2 N–H and O–H groups in total. The van der Waals surface area contributed by atoms with Crippen molar-refractivity contribution < 1.29 is 4.74 Å². The Bertz CT molecular complexity index is 763. The molecule has 3 rings (SSSR count). The van der Waals surface area contributed by atoms with Gasteiger partial charge in [0.25, 0.3) is 0 Å². The average Bonchev–Trinajstić information content (AvgIpc) is 2.75. The number of nitrogens with zero attached hydrogens (tertiary/aromatic N) is 3. The zero-order chi connectivity index (χ0) is 20.3. The van der Waals surface area contributed by atoms with E-state index < -0.39 is 0 Å². The molecule has 1 aromatic heterocycles. The van der Waals surface area contributed by atoms with Crippen molar-refractivity contribution in [3.63, 3.8) is 0 Å². The molecule has 1 saturated heterocycles. The molecule has 7 heteroatoms. The normalized spacial score (nSPS) is 15.3. The third-order valence-electron chi connectivity index (χ3n) is 5.03. The number of pyridine rings is 1. The maximum atomic E-state index is 5.48. The van der Waals surface area contributed by atoms with Crippen molar-refractivity contribution in [1.29, 1.82) is 0 Å². The molecule has 0 amide bonds. The molecule has 1 aliphatic heterocycles. The number of nitrogens with one attached hydrogen (secondary N) is 2. The summed E-state index contributed by atoms with van der Waals surface area (Å²) in [5.74, 6) is 1.53. The Balaban J connectivity index is 0.00000320. The fraction of sp³-hybridized carbons (Fsp3) is 0.478. The summed E-state index contributed by atoms with van der Waals surface area (Å²) < 4.78 is 5.48. The molecule has 6 nitrogen and oxygen atoms in total. The van der Waals surface area contributed by atoms with Crippen molar-refractivity contribution in [3.8, 4) is 5.88 Å². The van der Waals surface area contributed by atoms with Gasteiger partial charge in [-0.2, -0.15) is 0 Å². The van der Waals surface area contributed by atoms with Crippen molar-refractivity contribution in [1.82, 2.24) is 20.5 Å². The summed E-state index contributed by atoms with van der Waals surface area (Å²) in [6.45, 7) is 9.37. The van der Waals surface area contributed by atoms with Gasteiger partial charge in [0.15, 0.2) is 5.96 Å². The number of aromatic nitrogens is 1. The van der Waals surface area contributed by atoms with Crippen LogP contribution < -0.4 is 15.4 Å². The molecule has 2 aromatic rings. The molecule has 0 spiro atoms. The van der Waals surface area contributed by atoms with Gasteiger partial charge >= 0.3 is 0 Å². The van der Waals surface area contributed by atoms with Gasteiger partial charge in [0, 0.05) is 44.5 Å². The Hall–Kier alpha value is -1.87. The van der Waals surface area contributed by atoms with Crippen LogP contribution in [0.5, 0.6) is 5.88 Å². The van der Waals surface area contributed by atoms with Crippen LogP contribution in [0, 0.1) is 0 Å². The second kappa shape index (κ2) is 13.4. The standard InChI is InChI=1S/C23H33N5O.HI/c1-3-24-23(26-17-20-10-13-25-22(16-20)29-4-2)27-21-11-14-28(15-12-21)18-19-8-6-5-7-9-19;/h5-10,13,16,21H,3-4,11-12,14-15,17-18H2,1-2H3,(H2,24,26,27);1H. The van der Waals surface area contributed by atoms with Gasteiger partial charge in [-0.05, 0) is 43.9 Å². The summed E-state index contributed by atoms with van der Waals surface area (Å²) in [5.41, 5.74) is 2.48. The van der Waals surface area contributed by atoms with E-state index in [1.165, 1.54) is 5.56 Å². The topological polar surface area (TPSA) is 61.8 Å². The van der Waals surface area contributed by atoms with E-state index in [0.29, 0.717) is 25.1 Å². The Morgan fingerprint density at radius 3 is 2.60 bits per heavy atom. The second-order valence-electron chi connectivity index (χ2n) is 7.31. The predicted molar refractivity (Wildman–Crippen MR) is 134 cm³/mol. The van der Waals surface area contributed by atoms with Crippen LogP contribution in [0.2, 0.25) is 0 Å². The molecule has 0 bridgehead atoms. The molecule has 1 aromatic carbocycles.